The van der Waals surface area contributed by atoms with Crippen molar-refractivity contribution in [3.63, 3.8) is 0 Å². The predicted octanol–water partition coefficient (Wildman–Crippen LogP) is 4.42. The number of methoxy groups -OCH3 is 3. The maximum Gasteiger partial charge on any atom is 0.269 e. The molecule has 0 radical (unpaired) electrons. The van der Waals surface area contributed by atoms with Gasteiger partial charge in [-0.15, -0.1) is 0 Å². The number of ether oxygens (including phenoxy) is 3. The molecule has 3 aromatic rings. The first-order valence-corrected chi connectivity index (χ1v) is 10.5. The van der Waals surface area contributed by atoms with Gasteiger partial charge in [0.25, 0.3) is 5.69 Å². The van der Waals surface area contributed by atoms with Crippen molar-refractivity contribution in [1.82, 2.24) is 9.47 Å². The number of nitro benzene ring substituents is 1. The van der Waals surface area contributed by atoms with Crippen LogP contribution in [0.5, 0.6) is 17.2 Å². The summed E-state index contributed by atoms with van der Waals surface area (Å²) in [5, 5.41) is 11.0. The molecule has 0 aliphatic carbocycles. The number of aryl methyl sites for hydroxylation is 1. The molecule has 0 spiro atoms. The van der Waals surface area contributed by atoms with Gasteiger partial charge in [-0.3, -0.25) is 15.0 Å². The molecule has 0 saturated heterocycles. The number of aromatic nitrogens is 1. The van der Waals surface area contributed by atoms with Crippen molar-refractivity contribution in [2.75, 3.05) is 27.9 Å². The summed E-state index contributed by atoms with van der Waals surface area (Å²) in [7, 11) is 4.83. The molecule has 1 aromatic heterocycles. The minimum Gasteiger partial charge on any atom is -0.493 e. The van der Waals surface area contributed by atoms with E-state index < -0.39 is 0 Å². The summed E-state index contributed by atoms with van der Waals surface area (Å²) >= 11 is 0. The van der Waals surface area contributed by atoms with Gasteiger partial charge in [-0.05, 0) is 41.8 Å². The Balaban J connectivity index is 1.77. The van der Waals surface area contributed by atoms with Crippen LogP contribution in [-0.4, -0.2) is 42.3 Å². The first kappa shape index (κ1) is 21.7. The van der Waals surface area contributed by atoms with Gasteiger partial charge in [0.2, 0.25) is 5.75 Å². The second-order valence-corrected chi connectivity index (χ2v) is 7.74. The van der Waals surface area contributed by atoms with E-state index in [1.54, 1.807) is 33.5 Å². The van der Waals surface area contributed by atoms with Crippen molar-refractivity contribution >= 4 is 5.69 Å². The second kappa shape index (κ2) is 9.32. The van der Waals surface area contributed by atoms with E-state index in [1.807, 2.05) is 24.3 Å². The van der Waals surface area contributed by atoms with Gasteiger partial charge in [-0.25, -0.2) is 0 Å². The molecule has 0 fully saturated rings. The highest BCUT2D eigenvalue weighted by molar-refractivity contribution is 5.55. The molecule has 1 atom stereocenters. The fourth-order valence-corrected chi connectivity index (χ4v) is 4.41. The summed E-state index contributed by atoms with van der Waals surface area (Å²) in [6, 6.07) is 14.9. The zero-order valence-electron chi connectivity index (χ0n) is 18.5. The van der Waals surface area contributed by atoms with Crippen molar-refractivity contribution in [2.24, 2.45) is 0 Å². The van der Waals surface area contributed by atoms with Crippen molar-refractivity contribution in [3.05, 3.63) is 81.7 Å². The number of rotatable bonds is 7. The normalized spacial score (nSPS) is 16.2. The first-order chi connectivity index (χ1) is 15.5. The number of nitrogens with zero attached hydrogens (tertiary/aromatic N) is 3. The van der Waals surface area contributed by atoms with E-state index in [1.165, 1.54) is 5.69 Å². The maximum absolute atomic E-state index is 11.0. The molecule has 4 rings (SSSR count). The molecule has 32 heavy (non-hydrogen) atoms. The highest BCUT2D eigenvalue weighted by Crippen LogP contribution is 2.43. The molecule has 1 aliphatic heterocycles. The van der Waals surface area contributed by atoms with Gasteiger partial charge in [0, 0.05) is 43.7 Å². The van der Waals surface area contributed by atoms with Gasteiger partial charge >= 0.3 is 0 Å². The van der Waals surface area contributed by atoms with Crippen LogP contribution in [0, 0.1) is 10.1 Å². The van der Waals surface area contributed by atoms with Crippen LogP contribution in [-0.2, 0) is 13.1 Å². The summed E-state index contributed by atoms with van der Waals surface area (Å²) < 4.78 is 19.0. The van der Waals surface area contributed by atoms with Crippen molar-refractivity contribution < 1.29 is 19.1 Å². The molecule has 2 aromatic carbocycles. The van der Waals surface area contributed by atoms with Crippen molar-refractivity contribution in [1.29, 1.82) is 0 Å². The molecule has 168 valence electrons. The van der Waals surface area contributed by atoms with E-state index in [9.17, 15) is 10.1 Å². The second-order valence-electron chi connectivity index (χ2n) is 7.74. The third kappa shape index (κ3) is 4.13. The Bertz CT molecular complexity index is 1070. The molecule has 1 aliphatic rings. The van der Waals surface area contributed by atoms with E-state index >= 15 is 0 Å². The average molecular weight is 437 g/mol. The summed E-state index contributed by atoms with van der Waals surface area (Å²) in [4.78, 5) is 13.0. The lowest BCUT2D eigenvalue weighted by molar-refractivity contribution is -0.384. The lowest BCUT2D eigenvalue weighted by Crippen LogP contribution is -2.29. The van der Waals surface area contributed by atoms with E-state index in [2.05, 4.69) is 27.8 Å². The Kier molecular flexibility index (Phi) is 6.32. The minimum atomic E-state index is -0.374. The predicted molar refractivity (Wildman–Crippen MR) is 120 cm³/mol. The number of nitro groups is 1. The summed E-state index contributed by atoms with van der Waals surface area (Å²) in [5.74, 6) is 1.78. The summed E-state index contributed by atoms with van der Waals surface area (Å²) in [5.41, 5.74) is 3.33. The van der Waals surface area contributed by atoms with Crippen molar-refractivity contribution in [3.8, 4) is 17.2 Å². The van der Waals surface area contributed by atoms with Gasteiger partial charge in [0.15, 0.2) is 11.5 Å². The molecule has 8 nitrogen and oxygen atoms in total. The molecule has 0 amide bonds. The lowest BCUT2D eigenvalue weighted by Gasteiger charge is -2.31. The number of fused-ring (bicyclic) bond motifs is 1. The highest BCUT2D eigenvalue weighted by Gasteiger charge is 2.29. The number of benzene rings is 2. The molecule has 0 bridgehead atoms. The van der Waals surface area contributed by atoms with Gasteiger partial charge in [-0.1, -0.05) is 12.1 Å². The van der Waals surface area contributed by atoms with Crippen LogP contribution in [0.1, 0.15) is 29.3 Å². The Morgan fingerprint density at radius 2 is 1.69 bits per heavy atom. The molecule has 1 unspecified atom stereocenters. The maximum atomic E-state index is 11.0. The van der Waals surface area contributed by atoms with Gasteiger partial charge < -0.3 is 18.8 Å². The Morgan fingerprint density at radius 3 is 2.28 bits per heavy atom. The first-order valence-electron chi connectivity index (χ1n) is 10.5. The molecular formula is C24H27N3O5. The third-order valence-electron chi connectivity index (χ3n) is 5.89. The lowest BCUT2D eigenvalue weighted by atomic mass is 9.99. The zero-order chi connectivity index (χ0) is 22.7. The smallest absolute Gasteiger partial charge is 0.269 e. The Morgan fingerprint density at radius 1 is 1.00 bits per heavy atom. The van der Waals surface area contributed by atoms with Crippen LogP contribution in [0.15, 0.2) is 54.7 Å². The molecule has 2 heterocycles. The quantitative estimate of drug-likeness (QED) is 0.402. The Hall–Kier alpha value is -3.52. The largest absolute Gasteiger partial charge is 0.493 e. The minimum absolute atomic E-state index is 0.0450. The van der Waals surface area contributed by atoms with E-state index in [0.717, 1.165) is 30.6 Å². The topological polar surface area (TPSA) is 79.0 Å². The average Bonchev–Trinajstić information content (AvgIpc) is 3.19. The standard InChI is InChI=1S/C24H27N3O5/c1-30-21-14-18(15-22(31-2)24(21)32-3)23-20-6-4-11-25(20)12-5-13-26(23)16-17-7-9-19(10-8-17)27(28)29/h4,6-11,14-15,23H,5,12-13,16H2,1-3H3. The fraction of sp³-hybridized carbons (Fsp3) is 0.333. The molecule has 0 saturated carbocycles. The summed E-state index contributed by atoms with van der Waals surface area (Å²) in [6.07, 6.45) is 3.10. The van der Waals surface area contributed by atoms with Crippen LogP contribution in [0.3, 0.4) is 0 Å². The number of hydrogen-bond acceptors (Lipinski definition) is 6. The van der Waals surface area contributed by atoms with Crippen LogP contribution in [0.2, 0.25) is 0 Å². The van der Waals surface area contributed by atoms with Crippen LogP contribution < -0.4 is 14.2 Å². The van der Waals surface area contributed by atoms with Crippen molar-refractivity contribution in [2.45, 2.75) is 25.6 Å². The SMILES string of the molecule is COc1cc(C2c3cccn3CCCN2Cc2ccc([N+](=O)[O-])cc2)cc(OC)c1OC. The van der Waals surface area contributed by atoms with Gasteiger partial charge in [-0.2, -0.15) is 0 Å². The van der Waals surface area contributed by atoms with Gasteiger partial charge in [0.1, 0.15) is 0 Å². The molecule has 8 heteroatoms. The fourth-order valence-electron chi connectivity index (χ4n) is 4.41. The van der Waals surface area contributed by atoms with E-state index in [4.69, 9.17) is 14.2 Å². The van der Waals surface area contributed by atoms with Crippen LogP contribution in [0.25, 0.3) is 0 Å². The van der Waals surface area contributed by atoms with E-state index in [0.29, 0.717) is 23.8 Å². The molecule has 0 N–H and O–H groups in total. The van der Waals surface area contributed by atoms with E-state index in [-0.39, 0.29) is 16.7 Å². The van der Waals surface area contributed by atoms with Crippen LogP contribution in [0.4, 0.5) is 5.69 Å². The van der Waals surface area contributed by atoms with Crippen LogP contribution >= 0.6 is 0 Å². The monoisotopic (exact) mass is 437 g/mol. The highest BCUT2D eigenvalue weighted by atomic mass is 16.6. The number of non-ortho nitro benzene ring substituents is 1. The van der Waals surface area contributed by atoms with Gasteiger partial charge in [0.05, 0.1) is 32.3 Å². The molecular weight excluding hydrogens is 410 g/mol. The Labute approximate surface area is 187 Å². The summed E-state index contributed by atoms with van der Waals surface area (Å²) in [6.45, 7) is 2.46. The third-order valence-corrected chi connectivity index (χ3v) is 5.89. The zero-order valence-corrected chi connectivity index (χ0v) is 18.5. The number of hydrogen-bond donors (Lipinski definition) is 0.